The normalized spacial score (nSPS) is 25.9. The number of halogens is 1. The molecule has 0 heterocycles. The summed E-state index contributed by atoms with van der Waals surface area (Å²) in [5.41, 5.74) is 0.251. The summed E-state index contributed by atoms with van der Waals surface area (Å²) in [6, 6.07) is 7.37. The molecule has 3 heteroatoms. The van der Waals surface area contributed by atoms with Crippen LogP contribution in [0.15, 0.2) is 24.3 Å². The quantitative estimate of drug-likeness (QED) is 0.703. The highest BCUT2D eigenvalue weighted by Crippen LogP contribution is 2.38. The van der Waals surface area contributed by atoms with E-state index in [1.807, 2.05) is 25.1 Å². The molecule has 1 unspecified atom stereocenters. The van der Waals surface area contributed by atoms with Gasteiger partial charge in [-0.25, -0.2) is 0 Å². The molecule has 1 fully saturated rings. The Morgan fingerprint density at radius 2 is 1.94 bits per heavy atom. The van der Waals surface area contributed by atoms with Crippen molar-refractivity contribution in [2.75, 3.05) is 0 Å². The molecule has 1 aromatic rings. The van der Waals surface area contributed by atoms with Gasteiger partial charge in [0.25, 0.3) is 0 Å². The van der Waals surface area contributed by atoms with Gasteiger partial charge < -0.3 is 0 Å². The molecule has 2 rings (SSSR count). The Morgan fingerprint density at radius 3 is 2.56 bits per heavy atom. The lowest BCUT2D eigenvalue weighted by Gasteiger charge is -2.32. The minimum absolute atomic E-state index is 0.0168. The summed E-state index contributed by atoms with van der Waals surface area (Å²) in [6.45, 7) is 1.88. The van der Waals surface area contributed by atoms with Gasteiger partial charge in [0.05, 0.1) is 11.8 Å². The molecule has 0 saturated heterocycles. The summed E-state index contributed by atoms with van der Waals surface area (Å²) in [7, 11) is 0. The second kappa shape index (κ2) is 4.02. The highest BCUT2D eigenvalue weighted by molar-refractivity contribution is 6.32. The maximum atomic E-state index is 12.0. The molecule has 1 atom stereocenters. The molecule has 1 aliphatic rings. The number of carbonyl (C=O) groups is 2. The maximum absolute atomic E-state index is 12.0. The molecule has 1 aromatic carbocycles. The lowest BCUT2D eigenvalue weighted by Crippen LogP contribution is -2.38. The van der Waals surface area contributed by atoms with Crippen molar-refractivity contribution >= 4 is 23.2 Å². The number of benzene rings is 1. The number of Topliss-reactive ketones (excluding diaryl/α,β-unsaturated/α-hetero) is 2. The summed E-state index contributed by atoms with van der Waals surface area (Å²) in [6.07, 6.45) is 1.07. The molecule has 0 aromatic heterocycles. The highest BCUT2D eigenvalue weighted by Gasteiger charge is 2.40. The third-order valence-electron chi connectivity index (χ3n) is 3.35. The Balaban J connectivity index is 2.43. The van der Waals surface area contributed by atoms with Crippen LogP contribution in [0.3, 0.4) is 0 Å². The van der Waals surface area contributed by atoms with Crippen molar-refractivity contribution in [2.24, 2.45) is 0 Å². The van der Waals surface area contributed by atoms with Gasteiger partial charge in [-0.1, -0.05) is 29.8 Å². The van der Waals surface area contributed by atoms with Gasteiger partial charge in [0, 0.05) is 11.4 Å². The third kappa shape index (κ3) is 1.78. The lowest BCUT2D eigenvalue weighted by atomic mass is 9.69. The van der Waals surface area contributed by atoms with E-state index in [2.05, 4.69) is 0 Å². The van der Waals surface area contributed by atoms with Gasteiger partial charge in [-0.3, -0.25) is 9.59 Å². The fourth-order valence-corrected chi connectivity index (χ4v) is 2.53. The lowest BCUT2D eigenvalue weighted by molar-refractivity contribution is -0.133. The molecule has 0 bridgehead atoms. The first-order valence-electron chi connectivity index (χ1n) is 5.34. The van der Waals surface area contributed by atoms with Crippen LogP contribution in [0.1, 0.15) is 31.7 Å². The van der Waals surface area contributed by atoms with E-state index in [-0.39, 0.29) is 18.0 Å². The molecule has 1 saturated carbocycles. The zero-order valence-electron chi connectivity index (χ0n) is 9.13. The molecule has 2 nitrogen and oxygen atoms in total. The largest absolute Gasteiger partial charge is 0.299 e. The van der Waals surface area contributed by atoms with E-state index < -0.39 is 5.41 Å². The molecule has 1 aliphatic carbocycles. The van der Waals surface area contributed by atoms with Gasteiger partial charge in [-0.05, 0) is 25.0 Å². The summed E-state index contributed by atoms with van der Waals surface area (Å²) in [5.74, 6) is 0.0198. The second-order valence-corrected chi connectivity index (χ2v) is 4.86. The van der Waals surface area contributed by atoms with Gasteiger partial charge in [0.15, 0.2) is 5.78 Å². The fourth-order valence-electron chi connectivity index (χ4n) is 2.18. The second-order valence-electron chi connectivity index (χ2n) is 4.45. The molecular weight excluding hydrogens is 224 g/mol. The van der Waals surface area contributed by atoms with Crippen LogP contribution in [-0.2, 0) is 15.0 Å². The van der Waals surface area contributed by atoms with E-state index >= 15 is 0 Å². The minimum atomic E-state index is -0.591. The standard InChI is InChI=1S/C13H13ClO2/c1-13(7-6-9(15)8-12(13)16)10-4-2-3-5-11(10)14/h2-5H,6-8H2,1H3. The van der Waals surface area contributed by atoms with Crippen molar-refractivity contribution in [1.82, 2.24) is 0 Å². The Labute approximate surface area is 99.6 Å². The Morgan fingerprint density at radius 1 is 1.25 bits per heavy atom. The monoisotopic (exact) mass is 236 g/mol. The van der Waals surface area contributed by atoms with E-state index in [4.69, 9.17) is 11.6 Å². The zero-order valence-corrected chi connectivity index (χ0v) is 9.88. The zero-order chi connectivity index (χ0) is 11.8. The van der Waals surface area contributed by atoms with E-state index in [1.165, 1.54) is 0 Å². The van der Waals surface area contributed by atoms with Gasteiger partial charge >= 0.3 is 0 Å². The first-order chi connectivity index (χ1) is 7.54. The van der Waals surface area contributed by atoms with Crippen molar-refractivity contribution < 1.29 is 9.59 Å². The highest BCUT2D eigenvalue weighted by atomic mass is 35.5. The first-order valence-corrected chi connectivity index (χ1v) is 5.72. The van der Waals surface area contributed by atoms with Crippen LogP contribution in [-0.4, -0.2) is 11.6 Å². The smallest absolute Gasteiger partial charge is 0.150 e. The van der Waals surface area contributed by atoms with Crippen LogP contribution in [0.2, 0.25) is 5.02 Å². The molecule has 0 amide bonds. The average molecular weight is 237 g/mol. The van der Waals surface area contributed by atoms with Gasteiger partial charge in [0.1, 0.15) is 5.78 Å². The van der Waals surface area contributed by atoms with Gasteiger partial charge in [-0.15, -0.1) is 0 Å². The van der Waals surface area contributed by atoms with Crippen LogP contribution in [0.4, 0.5) is 0 Å². The van der Waals surface area contributed by atoms with Gasteiger partial charge in [-0.2, -0.15) is 0 Å². The van der Waals surface area contributed by atoms with Crippen LogP contribution in [0, 0.1) is 0 Å². The van der Waals surface area contributed by atoms with E-state index in [1.54, 1.807) is 6.07 Å². The fraction of sp³-hybridized carbons (Fsp3) is 0.385. The summed E-state index contributed by atoms with van der Waals surface area (Å²) in [4.78, 5) is 23.2. The Hall–Kier alpha value is -1.15. The number of hydrogen-bond donors (Lipinski definition) is 0. The van der Waals surface area contributed by atoms with Crippen LogP contribution in [0.5, 0.6) is 0 Å². The topological polar surface area (TPSA) is 34.1 Å². The Bertz CT molecular complexity index is 453. The predicted molar refractivity (Wildman–Crippen MR) is 62.7 cm³/mol. The summed E-state index contributed by atoms with van der Waals surface area (Å²) in [5, 5.41) is 0.604. The molecule has 0 spiro atoms. The van der Waals surface area contributed by atoms with E-state index in [9.17, 15) is 9.59 Å². The summed E-state index contributed by atoms with van der Waals surface area (Å²) < 4.78 is 0. The maximum Gasteiger partial charge on any atom is 0.150 e. The SMILES string of the molecule is CC1(c2ccccc2Cl)CCC(=O)CC1=O. The predicted octanol–water partition coefficient (Wildman–Crippen LogP) is 2.92. The molecular formula is C13H13ClO2. The van der Waals surface area contributed by atoms with Crippen molar-refractivity contribution in [3.8, 4) is 0 Å². The summed E-state index contributed by atoms with van der Waals surface area (Å²) >= 11 is 6.11. The van der Waals surface area contributed by atoms with E-state index in [0.717, 1.165) is 5.56 Å². The number of hydrogen-bond acceptors (Lipinski definition) is 2. The van der Waals surface area contributed by atoms with Crippen molar-refractivity contribution in [3.63, 3.8) is 0 Å². The molecule has 0 aliphatic heterocycles. The third-order valence-corrected chi connectivity index (χ3v) is 3.67. The number of ketones is 2. The van der Waals surface area contributed by atoms with Crippen molar-refractivity contribution in [3.05, 3.63) is 34.9 Å². The number of rotatable bonds is 1. The van der Waals surface area contributed by atoms with E-state index in [0.29, 0.717) is 17.9 Å². The first kappa shape index (κ1) is 11.3. The number of carbonyl (C=O) groups excluding carboxylic acids is 2. The molecule has 0 N–H and O–H groups in total. The van der Waals surface area contributed by atoms with Crippen molar-refractivity contribution in [1.29, 1.82) is 0 Å². The molecule has 84 valence electrons. The van der Waals surface area contributed by atoms with Crippen LogP contribution >= 0.6 is 11.6 Å². The minimum Gasteiger partial charge on any atom is -0.299 e. The van der Waals surface area contributed by atoms with Gasteiger partial charge in [0.2, 0.25) is 0 Å². The molecule has 16 heavy (non-hydrogen) atoms. The Kier molecular flexibility index (Phi) is 2.85. The molecule has 0 radical (unpaired) electrons. The average Bonchev–Trinajstić information content (AvgIpc) is 2.25. The van der Waals surface area contributed by atoms with Crippen LogP contribution < -0.4 is 0 Å². The van der Waals surface area contributed by atoms with Crippen LogP contribution in [0.25, 0.3) is 0 Å². The van der Waals surface area contributed by atoms with Crippen molar-refractivity contribution in [2.45, 2.75) is 31.6 Å².